The van der Waals surface area contributed by atoms with Gasteiger partial charge in [0.15, 0.2) is 0 Å². The van der Waals surface area contributed by atoms with Gasteiger partial charge in [0.05, 0.1) is 11.2 Å². The Morgan fingerprint density at radius 3 is 2.79 bits per heavy atom. The lowest BCUT2D eigenvalue weighted by atomic mass is 10.00. The van der Waals surface area contributed by atoms with Gasteiger partial charge in [-0.25, -0.2) is 5.10 Å². The molecule has 0 radical (unpaired) electrons. The van der Waals surface area contributed by atoms with Gasteiger partial charge in [-0.15, -0.1) is 0 Å². The van der Waals surface area contributed by atoms with E-state index in [-0.39, 0.29) is 11.1 Å². The van der Waals surface area contributed by atoms with Crippen LogP contribution in [0.15, 0.2) is 41.2 Å². The van der Waals surface area contributed by atoms with Crippen LogP contribution in [-0.2, 0) is 18.6 Å². The van der Waals surface area contributed by atoms with Gasteiger partial charge >= 0.3 is 0 Å². The van der Waals surface area contributed by atoms with Crippen LogP contribution in [-0.4, -0.2) is 15.1 Å². The lowest BCUT2D eigenvalue weighted by Gasteiger charge is -2.31. The first-order valence-electron chi connectivity index (χ1n) is 6.45. The monoisotopic (exact) mass is 255 g/mol. The lowest BCUT2D eigenvalue weighted by Crippen LogP contribution is -2.35. The van der Waals surface area contributed by atoms with Gasteiger partial charge in [0, 0.05) is 19.2 Å². The van der Waals surface area contributed by atoms with Gasteiger partial charge in [0.2, 0.25) is 0 Å². The maximum atomic E-state index is 11.4. The van der Waals surface area contributed by atoms with Crippen molar-refractivity contribution >= 4 is 0 Å². The molecular weight excluding hydrogens is 238 g/mol. The fourth-order valence-corrected chi connectivity index (χ4v) is 2.70. The van der Waals surface area contributed by atoms with E-state index in [1.165, 1.54) is 5.56 Å². The quantitative estimate of drug-likeness (QED) is 0.893. The molecule has 0 atom stereocenters. The molecule has 0 amide bonds. The molecule has 0 spiro atoms. The summed E-state index contributed by atoms with van der Waals surface area (Å²) in [5.41, 5.74) is 2.99. The summed E-state index contributed by atoms with van der Waals surface area (Å²) in [5, 5.41) is 6.76. The topological polar surface area (TPSA) is 49.0 Å². The second-order valence-corrected chi connectivity index (χ2v) is 5.51. The van der Waals surface area contributed by atoms with Crippen molar-refractivity contribution in [3.63, 3.8) is 0 Å². The first kappa shape index (κ1) is 12.1. The molecule has 0 saturated carbocycles. The third-order valence-electron chi connectivity index (χ3n) is 3.83. The third-order valence-corrected chi connectivity index (χ3v) is 3.83. The zero-order chi connectivity index (χ0) is 13.5. The second-order valence-electron chi connectivity index (χ2n) is 5.51. The first-order valence-corrected chi connectivity index (χ1v) is 6.45. The predicted molar refractivity (Wildman–Crippen MR) is 73.6 cm³/mol. The minimum atomic E-state index is -0.157. The molecule has 0 aliphatic carbocycles. The van der Waals surface area contributed by atoms with Crippen LogP contribution in [0.2, 0.25) is 0 Å². The Morgan fingerprint density at radius 1 is 1.32 bits per heavy atom. The second kappa shape index (κ2) is 4.31. The van der Waals surface area contributed by atoms with Crippen LogP contribution in [0.4, 0.5) is 0 Å². The van der Waals surface area contributed by atoms with E-state index in [0.717, 1.165) is 24.3 Å². The maximum Gasteiger partial charge on any atom is 0.264 e. The van der Waals surface area contributed by atoms with Crippen molar-refractivity contribution in [1.29, 1.82) is 0 Å². The largest absolute Gasteiger partial charge is 0.284 e. The van der Waals surface area contributed by atoms with Gasteiger partial charge in [0.25, 0.3) is 5.56 Å². The average Bonchev–Trinajstić information content (AvgIpc) is 2.62. The summed E-state index contributed by atoms with van der Waals surface area (Å²) < 4.78 is 0. The molecule has 0 fully saturated rings. The van der Waals surface area contributed by atoms with Crippen molar-refractivity contribution in [3.8, 4) is 0 Å². The number of aromatic amines is 1. The highest BCUT2D eigenvalue weighted by molar-refractivity contribution is 5.30. The zero-order valence-corrected chi connectivity index (χ0v) is 11.2. The summed E-state index contributed by atoms with van der Waals surface area (Å²) >= 11 is 0. The Hall–Kier alpha value is -1.94. The smallest absolute Gasteiger partial charge is 0.264 e. The minimum Gasteiger partial charge on any atom is -0.284 e. The van der Waals surface area contributed by atoms with Gasteiger partial charge in [-0.1, -0.05) is 30.3 Å². The van der Waals surface area contributed by atoms with Crippen LogP contribution in [0.1, 0.15) is 30.7 Å². The number of nitrogens with zero attached hydrogens (tertiary/aromatic N) is 2. The molecule has 1 aromatic heterocycles. The molecule has 98 valence electrons. The number of rotatable bonds is 2. The summed E-state index contributed by atoms with van der Waals surface area (Å²) in [6.45, 7) is 5.92. The van der Waals surface area contributed by atoms with Crippen LogP contribution in [0.25, 0.3) is 0 Å². The molecule has 1 aromatic carbocycles. The molecule has 2 heterocycles. The van der Waals surface area contributed by atoms with Crippen LogP contribution < -0.4 is 5.56 Å². The molecule has 2 aromatic rings. The van der Waals surface area contributed by atoms with Gasteiger partial charge in [-0.05, 0) is 25.0 Å². The van der Waals surface area contributed by atoms with Crippen molar-refractivity contribution in [2.75, 3.05) is 0 Å². The highest BCUT2D eigenvalue weighted by Gasteiger charge is 2.38. The standard InChI is InChI=1S/C15H17N3O/c1-15(2)14-12(8-13(19)16-17-14)10-18(15)9-11-6-4-3-5-7-11/h3-8H,9-10H2,1-2H3,(H,16,19). The molecule has 0 bridgehead atoms. The molecule has 0 unspecified atom stereocenters. The number of nitrogens with one attached hydrogen (secondary N) is 1. The van der Waals surface area contributed by atoms with Crippen molar-refractivity contribution in [2.24, 2.45) is 0 Å². The van der Waals surface area contributed by atoms with Gasteiger partial charge in [-0.2, -0.15) is 5.10 Å². The van der Waals surface area contributed by atoms with Crippen molar-refractivity contribution < 1.29 is 0 Å². The highest BCUT2D eigenvalue weighted by Crippen LogP contribution is 2.37. The SMILES string of the molecule is CC1(C)c2n[nH]c(=O)cc2CN1Cc1ccccc1. The Bertz CT molecular complexity index is 646. The fraction of sp³-hybridized carbons (Fsp3) is 0.333. The predicted octanol–water partition coefficient (Wildman–Crippen LogP) is 2.02. The van der Waals surface area contributed by atoms with E-state index in [9.17, 15) is 4.79 Å². The molecule has 4 nitrogen and oxygen atoms in total. The molecule has 1 aliphatic heterocycles. The van der Waals surface area contributed by atoms with E-state index in [4.69, 9.17) is 0 Å². The van der Waals surface area contributed by atoms with Gasteiger partial charge < -0.3 is 0 Å². The third kappa shape index (κ3) is 2.08. The highest BCUT2D eigenvalue weighted by atomic mass is 16.1. The summed E-state index contributed by atoms with van der Waals surface area (Å²) in [6, 6.07) is 12.0. The number of benzene rings is 1. The van der Waals surface area contributed by atoms with Crippen LogP contribution in [0.5, 0.6) is 0 Å². The van der Waals surface area contributed by atoms with Crippen molar-refractivity contribution in [1.82, 2.24) is 15.1 Å². The number of hydrogen-bond acceptors (Lipinski definition) is 3. The summed E-state index contributed by atoms with van der Waals surface area (Å²) in [5.74, 6) is 0. The first-order chi connectivity index (χ1) is 9.07. The Morgan fingerprint density at radius 2 is 2.05 bits per heavy atom. The lowest BCUT2D eigenvalue weighted by molar-refractivity contribution is 0.124. The fourth-order valence-electron chi connectivity index (χ4n) is 2.70. The molecule has 3 rings (SSSR count). The minimum absolute atomic E-state index is 0.129. The number of aromatic nitrogens is 2. The summed E-state index contributed by atoms with van der Waals surface area (Å²) in [6.07, 6.45) is 0. The van der Waals surface area contributed by atoms with E-state index in [1.54, 1.807) is 6.07 Å². The molecule has 1 N–H and O–H groups in total. The number of fused-ring (bicyclic) bond motifs is 1. The summed E-state index contributed by atoms with van der Waals surface area (Å²) in [4.78, 5) is 13.7. The number of H-pyrrole nitrogens is 1. The zero-order valence-electron chi connectivity index (χ0n) is 11.2. The van der Waals surface area contributed by atoms with E-state index in [0.29, 0.717) is 0 Å². The Kier molecular flexibility index (Phi) is 2.75. The van der Waals surface area contributed by atoms with E-state index in [1.807, 2.05) is 18.2 Å². The molecule has 0 saturated heterocycles. The van der Waals surface area contributed by atoms with Crippen LogP contribution >= 0.6 is 0 Å². The van der Waals surface area contributed by atoms with Crippen molar-refractivity contribution in [2.45, 2.75) is 32.5 Å². The van der Waals surface area contributed by atoms with Crippen LogP contribution in [0, 0.1) is 0 Å². The number of hydrogen-bond donors (Lipinski definition) is 1. The molecule has 1 aliphatic rings. The van der Waals surface area contributed by atoms with E-state index in [2.05, 4.69) is 41.1 Å². The maximum absolute atomic E-state index is 11.4. The molecule has 4 heteroatoms. The van der Waals surface area contributed by atoms with E-state index >= 15 is 0 Å². The van der Waals surface area contributed by atoms with Gasteiger partial charge in [-0.3, -0.25) is 9.69 Å². The summed E-state index contributed by atoms with van der Waals surface area (Å²) in [7, 11) is 0. The average molecular weight is 255 g/mol. The van der Waals surface area contributed by atoms with Crippen molar-refractivity contribution in [3.05, 3.63) is 63.6 Å². The van der Waals surface area contributed by atoms with E-state index < -0.39 is 0 Å². The van der Waals surface area contributed by atoms with Gasteiger partial charge in [0.1, 0.15) is 0 Å². The normalized spacial score (nSPS) is 17.4. The molecular formula is C15H17N3O. The Labute approximate surface area is 112 Å². The molecule has 19 heavy (non-hydrogen) atoms. The Balaban J connectivity index is 1.92. The van der Waals surface area contributed by atoms with Crippen LogP contribution in [0.3, 0.4) is 0 Å².